The van der Waals surface area contributed by atoms with E-state index in [0.29, 0.717) is 24.7 Å². The van der Waals surface area contributed by atoms with Gasteiger partial charge in [-0.2, -0.15) is 0 Å². The molecule has 0 fully saturated rings. The highest BCUT2D eigenvalue weighted by Gasteiger charge is 2.20. The van der Waals surface area contributed by atoms with Crippen molar-refractivity contribution in [3.8, 4) is 11.5 Å². The summed E-state index contributed by atoms with van der Waals surface area (Å²) in [6.45, 7) is 8.20. The minimum atomic E-state index is -0.845. The molecular weight excluding hydrogens is 270 g/mol. The number of methoxy groups -OCH3 is 1. The second kappa shape index (κ2) is 8.32. The number of ether oxygens (including phenoxy) is 2. The van der Waals surface area contributed by atoms with Gasteiger partial charge in [-0.15, -0.1) is 0 Å². The Balaban J connectivity index is 2.75. The van der Waals surface area contributed by atoms with Crippen molar-refractivity contribution in [3.05, 3.63) is 36.4 Å². The molecule has 1 rings (SSSR count). The maximum Gasteiger partial charge on any atom is 0.320 e. The van der Waals surface area contributed by atoms with Gasteiger partial charge in [0.2, 0.25) is 0 Å². The van der Waals surface area contributed by atoms with Crippen LogP contribution in [0.2, 0.25) is 0 Å². The first-order valence-electron chi connectivity index (χ1n) is 6.86. The molecule has 21 heavy (non-hydrogen) atoms. The zero-order valence-corrected chi connectivity index (χ0v) is 12.8. The van der Waals surface area contributed by atoms with Crippen LogP contribution >= 0.6 is 0 Å². The molecular formula is C16H23NO4. The number of nitrogens with one attached hydrogen (secondary N) is 1. The first-order valence-corrected chi connectivity index (χ1v) is 6.86. The van der Waals surface area contributed by atoms with Gasteiger partial charge in [0.15, 0.2) is 11.5 Å². The number of carboxylic acids is 1. The Morgan fingerprint density at radius 3 is 2.67 bits per heavy atom. The third kappa shape index (κ3) is 5.11. The van der Waals surface area contributed by atoms with Crippen LogP contribution in [0, 0.1) is 5.92 Å². The quantitative estimate of drug-likeness (QED) is 0.685. The second-order valence-electron chi connectivity index (χ2n) is 5.03. The van der Waals surface area contributed by atoms with Gasteiger partial charge in [-0.25, -0.2) is 0 Å². The average Bonchev–Trinajstić information content (AvgIpc) is 2.45. The SMILES string of the molecule is C=CCOc1ccc(CN[C@H](C(=O)O)C(C)C)cc1OC. The van der Waals surface area contributed by atoms with Gasteiger partial charge in [0.1, 0.15) is 12.6 Å². The van der Waals surface area contributed by atoms with E-state index < -0.39 is 12.0 Å². The van der Waals surface area contributed by atoms with Crippen molar-refractivity contribution < 1.29 is 19.4 Å². The van der Waals surface area contributed by atoms with E-state index in [-0.39, 0.29) is 5.92 Å². The number of carboxylic acid groups (broad SMARTS) is 1. The lowest BCUT2D eigenvalue weighted by Gasteiger charge is -2.18. The fourth-order valence-corrected chi connectivity index (χ4v) is 1.93. The minimum absolute atomic E-state index is 0.0135. The maximum absolute atomic E-state index is 11.1. The largest absolute Gasteiger partial charge is 0.493 e. The predicted molar refractivity (Wildman–Crippen MR) is 81.8 cm³/mol. The normalized spacial score (nSPS) is 12.0. The van der Waals surface area contributed by atoms with Crippen LogP contribution in [-0.4, -0.2) is 30.8 Å². The molecule has 2 N–H and O–H groups in total. The fraction of sp³-hybridized carbons (Fsp3) is 0.438. The Morgan fingerprint density at radius 1 is 1.43 bits per heavy atom. The minimum Gasteiger partial charge on any atom is -0.493 e. The Bertz CT molecular complexity index is 485. The highest BCUT2D eigenvalue weighted by molar-refractivity contribution is 5.73. The number of rotatable bonds is 9. The van der Waals surface area contributed by atoms with Crippen LogP contribution in [-0.2, 0) is 11.3 Å². The highest BCUT2D eigenvalue weighted by atomic mass is 16.5. The Labute approximate surface area is 125 Å². The lowest BCUT2D eigenvalue weighted by molar-refractivity contribution is -0.140. The number of aliphatic carboxylic acids is 1. The smallest absolute Gasteiger partial charge is 0.320 e. The molecule has 0 spiro atoms. The van der Waals surface area contributed by atoms with Crippen molar-refractivity contribution in [2.75, 3.05) is 13.7 Å². The molecule has 0 radical (unpaired) electrons. The van der Waals surface area contributed by atoms with Gasteiger partial charge in [0, 0.05) is 6.54 Å². The van der Waals surface area contributed by atoms with Gasteiger partial charge in [0.25, 0.3) is 0 Å². The summed E-state index contributed by atoms with van der Waals surface area (Å²) in [4.78, 5) is 11.1. The van der Waals surface area contributed by atoms with Gasteiger partial charge in [-0.1, -0.05) is 32.6 Å². The molecule has 1 aromatic rings. The van der Waals surface area contributed by atoms with E-state index in [1.165, 1.54) is 0 Å². The third-order valence-corrected chi connectivity index (χ3v) is 3.04. The monoisotopic (exact) mass is 293 g/mol. The van der Waals surface area contributed by atoms with E-state index in [9.17, 15) is 4.79 Å². The Kier molecular flexibility index (Phi) is 6.75. The summed E-state index contributed by atoms with van der Waals surface area (Å²) < 4.78 is 10.8. The van der Waals surface area contributed by atoms with Crippen molar-refractivity contribution in [3.63, 3.8) is 0 Å². The van der Waals surface area contributed by atoms with Crippen molar-refractivity contribution >= 4 is 5.97 Å². The molecule has 116 valence electrons. The van der Waals surface area contributed by atoms with Crippen LogP contribution in [0.1, 0.15) is 19.4 Å². The molecule has 5 nitrogen and oxygen atoms in total. The van der Waals surface area contributed by atoms with Gasteiger partial charge in [0.05, 0.1) is 7.11 Å². The summed E-state index contributed by atoms with van der Waals surface area (Å²) in [5.41, 5.74) is 0.935. The average molecular weight is 293 g/mol. The topological polar surface area (TPSA) is 67.8 Å². The van der Waals surface area contributed by atoms with Crippen molar-refractivity contribution in [2.24, 2.45) is 5.92 Å². The summed E-state index contributed by atoms with van der Waals surface area (Å²) in [7, 11) is 1.57. The molecule has 0 bridgehead atoms. The van der Waals surface area contributed by atoms with Crippen LogP contribution < -0.4 is 14.8 Å². The van der Waals surface area contributed by atoms with Gasteiger partial charge in [-0.05, 0) is 23.6 Å². The molecule has 0 aliphatic carbocycles. The summed E-state index contributed by atoms with van der Waals surface area (Å²) in [5, 5.41) is 12.2. The van der Waals surface area contributed by atoms with Gasteiger partial charge >= 0.3 is 5.97 Å². The van der Waals surface area contributed by atoms with E-state index in [4.69, 9.17) is 14.6 Å². The Morgan fingerprint density at radius 2 is 2.14 bits per heavy atom. The molecule has 1 aromatic carbocycles. The predicted octanol–water partition coefficient (Wildman–Crippen LogP) is 2.46. The lowest BCUT2D eigenvalue weighted by Crippen LogP contribution is -2.40. The van der Waals surface area contributed by atoms with Crippen LogP contribution in [0.4, 0.5) is 0 Å². The molecule has 0 saturated carbocycles. The van der Waals surface area contributed by atoms with E-state index in [1.54, 1.807) is 13.2 Å². The standard InChI is InChI=1S/C16H23NO4/c1-5-8-21-13-7-6-12(9-14(13)20-4)10-17-15(11(2)3)16(18)19/h5-7,9,11,15,17H,1,8,10H2,2-4H3,(H,18,19)/t15-/m0/s1. The number of carbonyl (C=O) groups is 1. The zero-order chi connectivity index (χ0) is 15.8. The van der Waals surface area contributed by atoms with Crippen molar-refractivity contribution in [1.82, 2.24) is 5.32 Å². The molecule has 0 aromatic heterocycles. The highest BCUT2D eigenvalue weighted by Crippen LogP contribution is 2.28. The van der Waals surface area contributed by atoms with Crippen molar-refractivity contribution in [2.45, 2.75) is 26.4 Å². The number of hydrogen-bond acceptors (Lipinski definition) is 4. The second-order valence-corrected chi connectivity index (χ2v) is 5.03. The first kappa shape index (κ1) is 17.0. The molecule has 0 aliphatic rings. The van der Waals surface area contributed by atoms with Gasteiger partial charge in [-0.3, -0.25) is 4.79 Å². The molecule has 0 heterocycles. The summed E-state index contributed by atoms with van der Waals surface area (Å²) in [5.74, 6) is 0.426. The summed E-state index contributed by atoms with van der Waals surface area (Å²) >= 11 is 0. The molecule has 0 amide bonds. The van der Waals surface area contributed by atoms with Crippen LogP contribution in [0.25, 0.3) is 0 Å². The van der Waals surface area contributed by atoms with Crippen LogP contribution in [0.3, 0.4) is 0 Å². The molecule has 1 atom stereocenters. The molecule has 0 unspecified atom stereocenters. The van der Waals surface area contributed by atoms with E-state index in [0.717, 1.165) is 5.56 Å². The third-order valence-electron chi connectivity index (χ3n) is 3.04. The number of benzene rings is 1. The summed E-state index contributed by atoms with van der Waals surface area (Å²) in [6.07, 6.45) is 1.66. The molecule has 5 heteroatoms. The van der Waals surface area contributed by atoms with E-state index in [1.807, 2.05) is 32.0 Å². The zero-order valence-electron chi connectivity index (χ0n) is 12.8. The van der Waals surface area contributed by atoms with Crippen LogP contribution in [0.5, 0.6) is 11.5 Å². The van der Waals surface area contributed by atoms with E-state index >= 15 is 0 Å². The lowest BCUT2D eigenvalue weighted by atomic mass is 10.0. The first-order chi connectivity index (χ1) is 9.99. The molecule has 0 saturated heterocycles. The number of hydrogen-bond donors (Lipinski definition) is 2. The van der Waals surface area contributed by atoms with Crippen molar-refractivity contribution in [1.29, 1.82) is 0 Å². The van der Waals surface area contributed by atoms with Gasteiger partial charge < -0.3 is 19.9 Å². The molecule has 0 aliphatic heterocycles. The van der Waals surface area contributed by atoms with E-state index in [2.05, 4.69) is 11.9 Å². The maximum atomic E-state index is 11.1. The Hall–Kier alpha value is -2.01. The summed E-state index contributed by atoms with van der Waals surface area (Å²) in [6, 6.07) is 4.95. The fourth-order valence-electron chi connectivity index (χ4n) is 1.93. The van der Waals surface area contributed by atoms with Crippen LogP contribution in [0.15, 0.2) is 30.9 Å².